The lowest BCUT2D eigenvalue weighted by Crippen LogP contribution is -2.09. The van der Waals surface area contributed by atoms with E-state index in [0.717, 1.165) is 44.9 Å². The van der Waals surface area contributed by atoms with Crippen LogP contribution in [0.5, 0.6) is 0 Å². The minimum Gasteiger partial charge on any atom is -0.481 e. The number of carboxylic acids is 2. The zero-order chi connectivity index (χ0) is 16.0. The molecule has 0 fully saturated rings. The van der Waals surface area contributed by atoms with E-state index in [1.807, 2.05) is 0 Å². The van der Waals surface area contributed by atoms with E-state index in [1.165, 1.54) is 0 Å². The Morgan fingerprint density at radius 3 is 1.60 bits per heavy atom. The number of unbranched alkanes of at least 4 members (excludes halogenated alkanes) is 3. The molecule has 0 rings (SSSR count). The fourth-order valence-corrected chi connectivity index (χ4v) is 1.54. The summed E-state index contributed by atoms with van der Waals surface area (Å²) in [5.41, 5.74) is 5.24. The smallest absolute Gasteiger partial charge is 0.306 e. The number of aliphatic carboxylic acids is 2. The van der Waals surface area contributed by atoms with Crippen molar-refractivity contribution in [3.8, 4) is 0 Å². The van der Waals surface area contributed by atoms with Gasteiger partial charge in [-0.2, -0.15) is 0 Å². The van der Waals surface area contributed by atoms with Crippen LogP contribution in [0.4, 0.5) is 0 Å². The van der Waals surface area contributed by atoms with Crippen molar-refractivity contribution in [3.63, 3.8) is 0 Å². The van der Waals surface area contributed by atoms with Gasteiger partial charge in [-0.3, -0.25) is 9.59 Å². The predicted octanol–water partition coefficient (Wildman–Crippen LogP) is 3.12. The van der Waals surface area contributed by atoms with Crippen molar-refractivity contribution in [1.29, 1.82) is 0 Å². The first-order chi connectivity index (χ1) is 9.36. The van der Waals surface area contributed by atoms with Crippen molar-refractivity contribution in [2.24, 2.45) is 17.6 Å². The van der Waals surface area contributed by atoms with Crippen LogP contribution >= 0.6 is 0 Å². The van der Waals surface area contributed by atoms with Crippen LogP contribution in [-0.2, 0) is 9.59 Å². The number of rotatable bonds is 10. The van der Waals surface area contributed by atoms with Crippen LogP contribution in [0.2, 0.25) is 0 Å². The molecule has 0 heterocycles. The summed E-state index contributed by atoms with van der Waals surface area (Å²) in [5.74, 6) is -1.76. The third kappa shape index (κ3) is 15.0. The Morgan fingerprint density at radius 2 is 1.30 bits per heavy atom. The first kappa shape index (κ1) is 21.2. The number of carbonyl (C=O) groups is 2. The second-order valence-corrected chi connectivity index (χ2v) is 5.26. The van der Waals surface area contributed by atoms with Gasteiger partial charge in [0.05, 0.1) is 11.8 Å². The molecule has 120 valence electrons. The molecule has 0 bridgehead atoms. The summed E-state index contributed by atoms with van der Waals surface area (Å²) in [6.07, 6.45) is 6.77. The molecule has 0 unspecified atom stereocenters. The molecule has 5 nitrogen and oxygen atoms in total. The molecule has 0 aliphatic carbocycles. The molecule has 0 aliphatic rings. The van der Waals surface area contributed by atoms with Crippen LogP contribution in [0.1, 0.15) is 65.7 Å². The summed E-state index contributed by atoms with van der Waals surface area (Å²) in [6.45, 7) is 6.26. The van der Waals surface area contributed by atoms with Gasteiger partial charge in [0.2, 0.25) is 0 Å². The SMILES string of the molecule is CCCCC[C@H](C)C(=O)O.C[C@@H](CCCCN)C(=O)O. The summed E-state index contributed by atoms with van der Waals surface area (Å²) >= 11 is 0. The van der Waals surface area contributed by atoms with Gasteiger partial charge in [0.25, 0.3) is 0 Å². The van der Waals surface area contributed by atoms with Crippen molar-refractivity contribution in [2.75, 3.05) is 6.54 Å². The van der Waals surface area contributed by atoms with Gasteiger partial charge in [-0.25, -0.2) is 0 Å². The Labute approximate surface area is 122 Å². The first-order valence-corrected chi connectivity index (χ1v) is 7.52. The van der Waals surface area contributed by atoms with E-state index in [9.17, 15) is 9.59 Å². The van der Waals surface area contributed by atoms with Gasteiger partial charge in [-0.05, 0) is 25.8 Å². The molecular formula is C15H31NO4. The molecule has 0 spiro atoms. The Kier molecular flexibility index (Phi) is 15.2. The van der Waals surface area contributed by atoms with E-state index < -0.39 is 11.9 Å². The van der Waals surface area contributed by atoms with E-state index in [1.54, 1.807) is 13.8 Å². The number of hydrogen-bond acceptors (Lipinski definition) is 3. The van der Waals surface area contributed by atoms with Crippen molar-refractivity contribution in [2.45, 2.75) is 65.7 Å². The summed E-state index contributed by atoms with van der Waals surface area (Å²) < 4.78 is 0. The number of nitrogens with two attached hydrogens (primary N) is 1. The highest BCUT2D eigenvalue weighted by atomic mass is 16.4. The molecular weight excluding hydrogens is 258 g/mol. The zero-order valence-electron chi connectivity index (χ0n) is 13.1. The second kappa shape index (κ2) is 14.3. The largest absolute Gasteiger partial charge is 0.481 e. The minimum absolute atomic E-state index is 0.161. The van der Waals surface area contributed by atoms with Crippen molar-refractivity contribution in [1.82, 2.24) is 0 Å². The van der Waals surface area contributed by atoms with Crippen molar-refractivity contribution >= 4 is 11.9 Å². The molecule has 4 N–H and O–H groups in total. The predicted molar refractivity (Wildman–Crippen MR) is 80.6 cm³/mol. The Morgan fingerprint density at radius 1 is 0.900 bits per heavy atom. The topological polar surface area (TPSA) is 101 Å². The summed E-state index contributed by atoms with van der Waals surface area (Å²) in [5, 5.41) is 16.9. The Balaban J connectivity index is 0. The molecule has 2 atom stereocenters. The summed E-state index contributed by atoms with van der Waals surface area (Å²) in [7, 11) is 0. The average Bonchev–Trinajstić information content (AvgIpc) is 2.39. The molecule has 0 radical (unpaired) electrons. The van der Waals surface area contributed by atoms with E-state index >= 15 is 0 Å². The Bertz CT molecular complexity index is 230. The zero-order valence-corrected chi connectivity index (χ0v) is 13.1. The van der Waals surface area contributed by atoms with Crippen molar-refractivity contribution < 1.29 is 19.8 Å². The van der Waals surface area contributed by atoms with Gasteiger partial charge in [0.1, 0.15) is 0 Å². The van der Waals surface area contributed by atoms with E-state index in [4.69, 9.17) is 15.9 Å². The lowest BCUT2D eigenvalue weighted by Gasteiger charge is -2.03. The fourth-order valence-electron chi connectivity index (χ4n) is 1.54. The molecule has 0 aromatic carbocycles. The molecule has 0 saturated heterocycles. The van der Waals surface area contributed by atoms with Gasteiger partial charge in [-0.15, -0.1) is 0 Å². The summed E-state index contributed by atoms with van der Waals surface area (Å²) in [6, 6.07) is 0. The molecule has 0 aliphatic heterocycles. The molecule has 0 aromatic heterocycles. The highest BCUT2D eigenvalue weighted by molar-refractivity contribution is 5.69. The van der Waals surface area contributed by atoms with Gasteiger partial charge < -0.3 is 15.9 Å². The van der Waals surface area contributed by atoms with Gasteiger partial charge in [0.15, 0.2) is 0 Å². The van der Waals surface area contributed by atoms with Gasteiger partial charge in [-0.1, -0.05) is 46.5 Å². The summed E-state index contributed by atoms with van der Waals surface area (Å²) in [4.78, 5) is 20.6. The lowest BCUT2D eigenvalue weighted by atomic mass is 10.0. The standard InChI is InChI=1S/C8H16O2.C7H15NO2/c1-3-4-5-6-7(2)8(9)10;1-6(7(9)10)4-2-3-5-8/h7H,3-6H2,1-2H3,(H,9,10);6H,2-5,8H2,1H3,(H,9,10)/t7-;6-/m00/s1. The van der Waals surface area contributed by atoms with Crippen LogP contribution in [0, 0.1) is 11.8 Å². The van der Waals surface area contributed by atoms with Crippen LogP contribution in [0.25, 0.3) is 0 Å². The quantitative estimate of drug-likeness (QED) is 0.536. The van der Waals surface area contributed by atoms with Crippen molar-refractivity contribution in [3.05, 3.63) is 0 Å². The Hall–Kier alpha value is -1.10. The maximum atomic E-state index is 10.3. The number of carboxylic acid groups (broad SMARTS) is 2. The van der Waals surface area contributed by atoms with Gasteiger partial charge in [0, 0.05) is 0 Å². The molecule has 20 heavy (non-hydrogen) atoms. The minimum atomic E-state index is -0.711. The van der Waals surface area contributed by atoms with E-state index in [0.29, 0.717) is 6.54 Å². The van der Waals surface area contributed by atoms with Crippen LogP contribution in [0.15, 0.2) is 0 Å². The molecule has 0 aromatic rings. The molecule has 5 heteroatoms. The van der Waals surface area contributed by atoms with Crippen LogP contribution in [0.3, 0.4) is 0 Å². The molecule has 0 amide bonds. The molecule has 0 saturated carbocycles. The highest BCUT2D eigenvalue weighted by Gasteiger charge is 2.09. The maximum Gasteiger partial charge on any atom is 0.306 e. The van der Waals surface area contributed by atoms with Gasteiger partial charge >= 0.3 is 11.9 Å². The third-order valence-corrected chi connectivity index (χ3v) is 3.18. The maximum absolute atomic E-state index is 10.3. The highest BCUT2D eigenvalue weighted by Crippen LogP contribution is 2.08. The monoisotopic (exact) mass is 289 g/mol. The third-order valence-electron chi connectivity index (χ3n) is 3.18. The fraction of sp³-hybridized carbons (Fsp3) is 0.867. The van der Waals surface area contributed by atoms with Crippen LogP contribution in [-0.4, -0.2) is 28.7 Å². The number of hydrogen-bond donors (Lipinski definition) is 3. The normalized spacial score (nSPS) is 13.0. The lowest BCUT2D eigenvalue weighted by molar-refractivity contribution is -0.142. The second-order valence-electron chi connectivity index (χ2n) is 5.26. The first-order valence-electron chi connectivity index (χ1n) is 7.52. The average molecular weight is 289 g/mol. The van der Waals surface area contributed by atoms with E-state index in [-0.39, 0.29) is 11.8 Å². The van der Waals surface area contributed by atoms with E-state index in [2.05, 4.69) is 6.92 Å². The van der Waals surface area contributed by atoms with Crippen LogP contribution < -0.4 is 5.73 Å².